The van der Waals surface area contributed by atoms with Crippen LogP contribution in [0.15, 0.2) is 47.7 Å². The Kier molecular flexibility index (Phi) is 7.82. The van der Waals surface area contributed by atoms with Crippen molar-refractivity contribution in [1.29, 1.82) is 0 Å². The molecule has 2 heterocycles. The second-order valence-corrected chi connectivity index (χ2v) is 7.02. The summed E-state index contributed by atoms with van der Waals surface area (Å²) in [5, 5.41) is 13.5. The quantitative estimate of drug-likeness (QED) is 0.335. The van der Waals surface area contributed by atoms with Gasteiger partial charge in [-0.15, -0.1) is 0 Å². The van der Waals surface area contributed by atoms with Gasteiger partial charge in [-0.2, -0.15) is 5.10 Å². The molecule has 1 aliphatic heterocycles. The molecule has 0 saturated carbocycles. The number of nitrogens with one attached hydrogen (secondary N) is 3. The summed E-state index contributed by atoms with van der Waals surface area (Å²) in [6.45, 7) is 6.12. The number of amides is 2. The SMILES string of the molecule is CCNC(=NCc1ccc(C(=O)N2CCNC(=O)C2)cc1)NCCCn1cccn1. The molecule has 1 aromatic carbocycles. The van der Waals surface area contributed by atoms with Crippen molar-refractivity contribution in [3.05, 3.63) is 53.9 Å². The monoisotopic (exact) mass is 411 g/mol. The van der Waals surface area contributed by atoms with Crippen molar-refractivity contribution in [3.63, 3.8) is 0 Å². The van der Waals surface area contributed by atoms with Gasteiger partial charge in [0.25, 0.3) is 5.91 Å². The van der Waals surface area contributed by atoms with Crippen LogP contribution in [0.4, 0.5) is 0 Å². The lowest BCUT2D eigenvalue weighted by atomic mass is 10.1. The summed E-state index contributed by atoms with van der Waals surface area (Å²) in [4.78, 5) is 30.2. The third-order valence-corrected chi connectivity index (χ3v) is 4.71. The van der Waals surface area contributed by atoms with E-state index in [1.807, 2.05) is 36.0 Å². The van der Waals surface area contributed by atoms with Gasteiger partial charge in [0, 0.05) is 50.7 Å². The summed E-state index contributed by atoms with van der Waals surface area (Å²) in [5.74, 6) is 0.526. The van der Waals surface area contributed by atoms with E-state index in [0.29, 0.717) is 25.2 Å². The number of guanidine groups is 1. The molecule has 1 saturated heterocycles. The zero-order valence-corrected chi connectivity index (χ0v) is 17.3. The van der Waals surface area contributed by atoms with Crippen LogP contribution in [0.3, 0.4) is 0 Å². The van der Waals surface area contributed by atoms with E-state index in [0.717, 1.165) is 37.6 Å². The first-order valence-corrected chi connectivity index (χ1v) is 10.3. The number of aryl methyl sites for hydroxylation is 1. The van der Waals surface area contributed by atoms with Crippen molar-refractivity contribution in [2.75, 3.05) is 32.7 Å². The average molecular weight is 412 g/mol. The Morgan fingerprint density at radius 2 is 2.10 bits per heavy atom. The molecule has 160 valence electrons. The number of aromatic nitrogens is 2. The van der Waals surface area contributed by atoms with Crippen LogP contribution in [0.2, 0.25) is 0 Å². The number of aliphatic imine (C=N–C) groups is 1. The van der Waals surface area contributed by atoms with Gasteiger partial charge in [-0.3, -0.25) is 14.3 Å². The zero-order chi connectivity index (χ0) is 21.2. The Morgan fingerprint density at radius 3 is 2.80 bits per heavy atom. The fourth-order valence-corrected chi connectivity index (χ4v) is 3.14. The molecule has 0 unspecified atom stereocenters. The molecule has 3 N–H and O–H groups in total. The Hall–Kier alpha value is -3.36. The Bertz CT molecular complexity index is 847. The molecule has 0 radical (unpaired) electrons. The minimum Gasteiger partial charge on any atom is -0.357 e. The minimum absolute atomic E-state index is 0.114. The van der Waals surface area contributed by atoms with Gasteiger partial charge in [0.05, 0.1) is 13.1 Å². The summed E-state index contributed by atoms with van der Waals surface area (Å²) in [7, 11) is 0. The second-order valence-electron chi connectivity index (χ2n) is 7.02. The molecule has 0 bridgehead atoms. The normalized spacial score (nSPS) is 14.4. The first kappa shape index (κ1) is 21.4. The van der Waals surface area contributed by atoms with Gasteiger partial charge in [0.2, 0.25) is 5.91 Å². The number of benzene rings is 1. The number of rotatable bonds is 8. The van der Waals surface area contributed by atoms with Crippen LogP contribution in [-0.4, -0.2) is 65.2 Å². The van der Waals surface area contributed by atoms with Crippen molar-refractivity contribution in [2.45, 2.75) is 26.4 Å². The van der Waals surface area contributed by atoms with Gasteiger partial charge in [0.15, 0.2) is 5.96 Å². The fourth-order valence-electron chi connectivity index (χ4n) is 3.14. The summed E-state index contributed by atoms with van der Waals surface area (Å²) >= 11 is 0. The maximum atomic E-state index is 12.5. The van der Waals surface area contributed by atoms with E-state index < -0.39 is 0 Å². The maximum absolute atomic E-state index is 12.5. The highest BCUT2D eigenvalue weighted by molar-refractivity contribution is 5.97. The van der Waals surface area contributed by atoms with Gasteiger partial charge in [-0.05, 0) is 37.1 Å². The Balaban J connectivity index is 1.49. The van der Waals surface area contributed by atoms with Gasteiger partial charge < -0.3 is 20.9 Å². The number of hydrogen-bond donors (Lipinski definition) is 3. The molecule has 1 aliphatic rings. The maximum Gasteiger partial charge on any atom is 0.254 e. The van der Waals surface area contributed by atoms with Gasteiger partial charge in [-0.25, -0.2) is 4.99 Å². The van der Waals surface area contributed by atoms with Crippen LogP contribution in [0.1, 0.15) is 29.3 Å². The molecular formula is C21H29N7O2. The Morgan fingerprint density at radius 1 is 1.27 bits per heavy atom. The van der Waals surface area contributed by atoms with Crippen molar-refractivity contribution in [2.24, 2.45) is 4.99 Å². The lowest BCUT2D eigenvalue weighted by molar-refractivity contribution is -0.123. The largest absolute Gasteiger partial charge is 0.357 e. The lowest BCUT2D eigenvalue weighted by Gasteiger charge is -2.26. The number of carbonyl (C=O) groups is 2. The summed E-state index contributed by atoms with van der Waals surface area (Å²) in [5.41, 5.74) is 1.60. The highest BCUT2D eigenvalue weighted by Crippen LogP contribution is 2.10. The molecule has 30 heavy (non-hydrogen) atoms. The van der Waals surface area contributed by atoms with Gasteiger partial charge in [-0.1, -0.05) is 12.1 Å². The first-order chi connectivity index (χ1) is 14.7. The molecule has 0 atom stereocenters. The first-order valence-electron chi connectivity index (χ1n) is 10.3. The number of carbonyl (C=O) groups excluding carboxylic acids is 2. The molecule has 2 amide bonds. The van der Waals surface area contributed by atoms with Crippen LogP contribution in [0.5, 0.6) is 0 Å². The topological polar surface area (TPSA) is 104 Å². The van der Waals surface area contributed by atoms with Crippen LogP contribution < -0.4 is 16.0 Å². The molecule has 9 nitrogen and oxygen atoms in total. The van der Waals surface area contributed by atoms with Crippen molar-refractivity contribution in [1.82, 2.24) is 30.6 Å². The summed E-state index contributed by atoms with van der Waals surface area (Å²) in [6, 6.07) is 9.32. The van der Waals surface area contributed by atoms with E-state index in [-0.39, 0.29) is 18.4 Å². The van der Waals surface area contributed by atoms with Crippen LogP contribution in [-0.2, 0) is 17.9 Å². The number of nitrogens with zero attached hydrogens (tertiary/aromatic N) is 4. The smallest absolute Gasteiger partial charge is 0.254 e. The van der Waals surface area contributed by atoms with Crippen LogP contribution >= 0.6 is 0 Å². The van der Waals surface area contributed by atoms with Gasteiger partial charge in [0.1, 0.15) is 0 Å². The highest BCUT2D eigenvalue weighted by Gasteiger charge is 2.22. The predicted octanol–water partition coefficient (Wildman–Crippen LogP) is 0.601. The molecule has 0 aliphatic carbocycles. The molecule has 3 rings (SSSR count). The van der Waals surface area contributed by atoms with E-state index in [4.69, 9.17) is 0 Å². The molecule has 1 fully saturated rings. The highest BCUT2D eigenvalue weighted by atomic mass is 16.2. The average Bonchev–Trinajstić information content (AvgIpc) is 3.28. The number of hydrogen-bond acceptors (Lipinski definition) is 4. The number of piperazine rings is 1. The Labute approximate surface area is 176 Å². The standard InChI is InChI=1S/C21H29N7O2/c1-2-22-21(24-9-3-12-28-13-4-10-26-28)25-15-17-5-7-18(8-6-17)20(30)27-14-11-23-19(29)16-27/h4-8,10,13H,2-3,9,11-12,14-16H2,1H3,(H,23,29)(H2,22,24,25). The van der Waals surface area contributed by atoms with E-state index in [1.165, 1.54) is 0 Å². The van der Waals surface area contributed by atoms with E-state index >= 15 is 0 Å². The van der Waals surface area contributed by atoms with Gasteiger partial charge >= 0.3 is 0 Å². The minimum atomic E-state index is -0.118. The third kappa shape index (κ3) is 6.33. The van der Waals surface area contributed by atoms with Crippen LogP contribution in [0.25, 0.3) is 0 Å². The van der Waals surface area contributed by atoms with Crippen molar-refractivity contribution < 1.29 is 9.59 Å². The van der Waals surface area contributed by atoms with E-state index in [1.54, 1.807) is 23.2 Å². The molecule has 1 aromatic heterocycles. The lowest BCUT2D eigenvalue weighted by Crippen LogP contribution is -2.49. The molecule has 9 heteroatoms. The van der Waals surface area contributed by atoms with E-state index in [9.17, 15) is 9.59 Å². The zero-order valence-electron chi connectivity index (χ0n) is 17.3. The molecule has 0 spiro atoms. The van der Waals surface area contributed by atoms with E-state index in [2.05, 4.69) is 26.0 Å². The fraction of sp³-hybridized carbons (Fsp3) is 0.429. The second kappa shape index (κ2) is 11.0. The third-order valence-electron chi connectivity index (χ3n) is 4.71. The van der Waals surface area contributed by atoms with Crippen molar-refractivity contribution in [3.8, 4) is 0 Å². The van der Waals surface area contributed by atoms with Crippen LogP contribution in [0, 0.1) is 0 Å². The molecule has 2 aromatic rings. The summed E-state index contributed by atoms with van der Waals surface area (Å²) < 4.78 is 1.91. The molecular weight excluding hydrogens is 382 g/mol. The van der Waals surface area contributed by atoms with Crippen molar-refractivity contribution >= 4 is 17.8 Å². The summed E-state index contributed by atoms with van der Waals surface area (Å²) in [6.07, 6.45) is 4.67. The predicted molar refractivity (Wildman–Crippen MR) is 115 cm³/mol.